The molecule has 0 bridgehead atoms. The van der Waals surface area contributed by atoms with Crippen LogP contribution in [-0.4, -0.2) is 57.9 Å². The van der Waals surface area contributed by atoms with Crippen molar-refractivity contribution in [3.63, 3.8) is 0 Å². The first-order valence-corrected chi connectivity index (χ1v) is 12.6. The molecule has 35 heavy (non-hydrogen) atoms. The van der Waals surface area contributed by atoms with E-state index in [0.29, 0.717) is 35.3 Å². The minimum absolute atomic E-state index is 0.152. The quantitative estimate of drug-likeness (QED) is 0.328. The number of aromatic hydroxyl groups is 1. The molecular weight excluding hydrogens is 518 g/mol. The number of ether oxygens (including phenoxy) is 1. The van der Waals surface area contributed by atoms with Crippen LogP contribution in [-0.2, 0) is 14.3 Å². The normalized spacial score (nSPS) is 23.5. The lowest BCUT2D eigenvalue weighted by molar-refractivity contribution is -0.137. The molecule has 190 valence electrons. The van der Waals surface area contributed by atoms with Crippen molar-refractivity contribution >= 4 is 39.9 Å². The third-order valence-corrected chi connectivity index (χ3v) is 7.35. The summed E-state index contributed by atoms with van der Waals surface area (Å²) in [6.07, 6.45) is 2.41. The van der Waals surface area contributed by atoms with Gasteiger partial charge in [-0.05, 0) is 56.4 Å². The molecule has 1 aliphatic carbocycles. The molecule has 3 amide bonds. The number of aliphatic hydroxyl groups is 2. The maximum Gasteiger partial charge on any atom is 0.423 e. The lowest BCUT2D eigenvalue weighted by Crippen LogP contribution is -2.40. The van der Waals surface area contributed by atoms with Crippen LogP contribution in [0.25, 0.3) is 6.08 Å². The van der Waals surface area contributed by atoms with E-state index in [0.717, 1.165) is 29.1 Å². The molecule has 1 aromatic rings. The number of amides is 3. The number of carbonyl (C=O) groups excluding carboxylic acids is 3. The number of hydrogen-bond acceptors (Lipinski definition) is 7. The van der Waals surface area contributed by atoms with Crippen LogP contribution in [0, 0.1) is 17.8 Å². The summed E-state index contributed by atoms with van der Waals surface area (Å²) in [6.45, 7) is 3.47. The average molecular weight is 550 g/mol. The minimum Gasteiger partial charge on any atom is -0.507 e. The molecule has 1 aromatic carbocycles. The highest BCUT2D eigenvalue weighted by atomic mass is 79.9. The zero-order valence-corrected chi connectivity index (χ0v) is 21.7. The van der Waals surface area contributed by atoms with E-state index in [-0.39, 0.29) is 12.2 Å². The first kappa shape index (κ1) is 27.1. The second-order valence-electron chi connectivity index (χ2n) is 9.16. The van der Waals surface area contributed by atoms with Gasteiger partial charge in [-0.2, -0.15) is 4.90 Å². The maximum absolute atomic E-state index is 13.0. The van der Waals surface area contributed by atoms with Gasteiger partial charge >= 0.3 is 6.09 Å². The van der Waals surface area contributed by atoms with Gasteiger partial charge in [0, 0.05) is 16.0 Å². The first-order valence-electron chi connectivity index (χ1n) is 11.8. The van der Waals surface area contributed by atoms with Crippen molar-refractivity contribution < 1.29 is 34.4 Å². The Balaban J connectivity index is 1.86. The van der Waals surface area contributed by atoms with Gasteiger partial charge in [-0.3, -0.25) is 9.59 Å². The minimum atomic E-state index is -1.03. The van der Waals surface area contributed by atoms with Crippen molar-refractivity contribution in [2.24, 2.45) is 17.8 Å². The Morgan fingerprint density at radius 1 is 1.31 bits per heavy atom. The number of nitrogens with zero attached hydrogens (tertiary/aromatic N) is 1. The van der Waals surface area contributed by atoms with Gasteiger partial charge in [0.1, 0.15) is 5.75 Å². The molecular formula is C26H32BrNO7. The Kier molecular flexibility index (Phi) is 8.90. The van der Waals surface area contributed by atoms with Crippen LogP contribution < -0.4 is 0 Å². The molecule has 9 heteroatoms. The number of halogens is 1. The molecule has 0 radical (unpaired) electrons. The number of phenolic OH excluding ortho intramolecular Hbond substituents is 1. The molecule has 1 saturated heterocycles. The standard InChI is InChI=1S/C26H32BrNO7/c1-4-5-15-12-18-23(25(33)28(24(18)32)26(34)35-3)19(13-29)22(15)21(31)8-6-14(2)10-16-11-17(27)7-9-20(16)30/h7,9-11,18-19,21,23,29-31H,4-6,8,12-13H2,1-3H3/b14-10+/t18-,19+,21-,23-/m1/s1. The Bertz CT molecular complexity index is 1060. The van der Waals surface area contributed by atoms with Gasteiger partial charge in [-0.1, -0.05) is 46.5 Å². The van der Waals surface area contributed by atoms with Crippen molar-refractivity contribution in [3.05, 3.63) is 45.0 Å². The Morgan fingerprint density at radius 3 is 2.66 bits per heavy atom. The summed E-state index contributed by atoms with van der Waals surface area (Å²) in [7, 11) is 1.11. The third-order valence-electron chi connectivity index (χ3n) is 6.85. The van der Waals surface area contributed by atoms with E-state index in [1.54, 1.807) is 18.2 Å². The number of allylic oxidation sites excluding steroid dienone is 2. The Morgan fingerprint density at radius 2 is 2.03 bits per heavy atom. The molecule has 1 aliphatic heterocycles. The van der Waals surface area contributed by atoms with Crippen LogP contribution in [0.2, 0.25) is 0 Å². The molecule has 2 aliphatic rings. The average Bonchev–Trinajstić information content (AvgIpc) is 3.08. The number of fused-ring (bicyclic) bond motifs is 1. The second kappa shape index (κ2) is 11.5. The first-order chi connectivity index (χ1) is 16.6. The summed E-state index contributed by atoms with van der Waals surface area (Å²) in [5.41, 5.74) is 3.05. The Hall–Kier alpha value is -2.49. The summed E-state index contributed by atoms with van der Waals surface area (Å²) in [4.78, 5) is 38.5. The van der Waals surface area contributed by atoms with Crippen molar-refractivity contribution in [2.45, 2.75) is 52.1 Å². The zero-order chi connectivity index (χ0) is 25.9. The lowest BCUT2D eigenvalue weighted by Gasteiger charge is -2.36. The highest BCUT2D eigenvalue weighted by Crippen LogP contribution is 2.47. The van der Waals surface area contributed by atoms with E-state index in [4.69, 9.17) is 0 Å². The van der Waals surface area contributed by atoms with Crippen LogP contribution in [0.15, 0.2) is 39.4 Å². The maximum atomic E-state index is 13.0. The van der Waals surface area contributed by atoms with E-state index in [1.165, 1.54) is 0 Å². The zero-order valence-electron chi connectivity index (χ0n) is 20.2. The molecule has 0 aromatic heterocycles. The van der Waals surface area contributed by atoms with Crippen molar-refractivity contribution in [2.75, 3.05) is 13.7 Å². The third kappa shape index (κ3) is 5.52. The topological polar surface area (TPSA) is 124 Å². The second-order valence-corrected chi connectivity index (χ2v) is 10.1. The predicted molar refractivity (Wildman–Crippen MR) is 133 cm³/mol. The molecule has 1 heterocycles. The van der Waals surface area contributed by atoms with E-state index in [9.17, 15) is 29.7 Å². The highest BCUT2D eigenvalue weighted by molar-refractivity contribution is 9.10. The van der Waals surface area contributed by atoms with E-state index >= 15 is 0 Å². The van der Waals surface area contributed by atoms with Gasteiger partial charge < -0.3 is 20.1 Å². The van der Waals surface area contributed by atoms with Gasteiger partial charge in [0.2, 0.25) is 11.8 Å². The number of phenols is 1. The molecule has 0 saturated carbocycles. The number of methoxy groups -OCH3 is 1. The van der Waals surface area contributed by atoms with Crippen LogP contribution in [0.3, 0.4) is 0 Å². The lowest BCUT2D eigenvalue weighted by atomic mass is 9.67. The number of benzene rings is 1. The fraction of sp³-hybridized carbons (Fsp3) is 0.500. The van der Waals surface area contributed by atoms with E-state index in [2.05, 4.69) is 20.7 Å². The molecule has 3 rings (SSSR count). The summed E-state index contributed by atoms with van der Waals surface area (Å²) in [6, 6.07) is 5.15. The van der Waals surface area contributed by atoms with Crippen LogP contribution in [0.1, 0.15) is 51.5 Å². The van der Waals surface area contributed by atoms with Crippen LogP contribution in [0.4, 0.5) is 4.79 Å². The number of hydrogen-bond donors (Lipinski definition) is 3. The van der Waals surface area contributed by atoms with E-state index in [1.807, 2.05) is 19.9 Å². The van der Waals surface area contributed by atoms with Crippen molar-refractivity contribution in [1.29, 1.82) is 0 Å². The van der Waals surface area contributed by atoms with Crippen LogP contribution >= 0.6 is 15.9 Å². The van der Waals surface area contributed by atoms with Gasteiger partial charge in [0.25, 0.3) is 0 Å². The number of aliphatic hydroxyl groups excluding tert-OH is 2. The number of imide groups is 3. The number of rotatable bonds is 8. The molecule has 0 spiro atoms. The summed E-state index contributed by atoms with van der Waals surface area (Å²) in [5.74, 6) is -3.56. The van der Waals surface area contributed by atoms with Gasteiger partial charge in [0.05, 0.1) is 31.7 Å². The monoisotopic (exact) mass is 549 g/mol. The summed E-state index contributed by atoms with van der Waals surface area (Å²) >= 11 is 3.39. The molecule has 0 unspecified atom stereocenters. The number of carbonyl (C=O) groups is 3. The van der Waals surface area contributed by atoms with Crippen LogP contribution in [0.5, 0.6) is 5.75 Å². The summed E-state index contributed by atoms with van der Waals surface area (Å²) in [5, 5.41) is 31.6. The Labute approximate surface area is 213 Å². The van der Waals surface area contributed by atoms with Crippen molar-refractivity contribution in [1.82, 2.24) is 4.90 Å². The smallest absolute Gasteiger partial charge is 0.423 e. The predicted octanol–water partition coefficient (Wildman–Crippen LogP) is 4.18. The van der Waals surface area contributed by atoms with E-state index < -0.39 is 48.4 Å². The number of likely N-dealkylation sites (tertiary alicyclic amines) is 1. The fourth-order valence-corrected chi connectivity index (χ4v) is 5.65. The fourth-order valence-electron chi connectivity index (χ4n) is 5.27. The molecule has 4 atom stereocenters. The van der Waals surface area contributed by atoms with Crippen molar-refractivity contribution in [3.8, 4) is 5.75 Å². The largest absolute Gasteiger partial charge is 0.507 e. The van der Waals surface area contributed by atoms with Gasteiger partial charge in [-0.15, -0.1) is 0 Å². The SMILES string of the molecule is CCCC1=C([C@H](O)CC/C(C)=C/c2cc(Br)ccc2O)[C@H](CO)[C@@H]2C(=O)N(C(=O)OC)C(=O)[C@@H]2C1. The molecule has 3 N–H and O–H groups in total. The highest BCUT2D eigenvalue weighted by Gasteiger charge is 2.57. The van der Waals surface area contributed by atoms with Gasteiger partial charge in [-0.25, -0.2) is 4.79 Å². The molecule has 8 nitrogen and oxygen atoms in total. The molecule has 1 fully saturated rings. The summed E-state index contributed by atoms with van der Waals surface area (Å²) < 4.78 is 5.46. The van der Waals surface area contributed by atoms with Gasteiger partial charge in [0.15, 0.2) is 0 Å².